The van der Waals surface area contributed by atoms with Gasteiger partial charge in [0.25, 0.3) is 0 Å². The number of para-hydroxylation sites is 1. The van der Waals surface area contributed by atoms with E-state index in [0.29, 0.717) is 0 Å². The van der Waals surface area contributed by atoms with Gasteiger partial charge in [-0.15, -0.1) is 0 Å². The third-order valence-corrected chi connectivity index (χ3v) is 5.50. The van der Waals surface area contributed by atoms with Crippen LogP contribution in [-0.4, -0.2) is 19.6 Å². The third-order valence-electron chi connectivity index (χ3n) is 5.50. The van der Waals surface area contributed by atoms with Crippen molar-refractivity contribution in [3.63, 3.8) is 0 Å². The molecule has 2 aromatic heterocycles. The fourth-order valence-electron chi connectivity index (χ4n) is 3.80. The maximum atomic E-state index is 9.87. The smallest absolute Gasteiger partial charge is 0.212 e. The molecule has 1 aliphatic rings. The molecule has 5 rings (SSSR count). The summed E-state index contributed by atoms with van der Waals surface area (Å²) in [7, 11) is 0. The number of aromatic nitrogens is 3. The van der Waals surface area contributed by atoms with Crippen molar-refractivity contribution in [2.75, 3.05) is 0 Å². The second kappa shape index (κ2) is 5.93. The normalized spacial score (nSPS) is 15.6. The highest BCUT2D eigenvalue weighted by Crippen LogP contribution is 2.39. The molecule has 0 unspecified atom stereocenters. The zero-order valence-electron chi connectivity index (χ0n) is 14.8. The van der Waals surface area contributed by atoms with Crippen LogP contribution >= 0.6 is 0 Å². The van der Waals surface area contributed by atoms with E-state index in [4.69, 9.17) is 10.7 Å². The van der Waals surface area contributed by atoms with Crippen LogP contribution in [0, 0.1) is 0 Å². The minimum atomic E-state index is -0.173. The van der Waals surface area contributed by atoms with Crippen molar-refractivity contribution >= 4 is 11.0 Å². The van der Waals surface area contributed by atoms with E-state index in [9.17, 15) is 5.11 Å². The first-order valence-corrected chi connectivity index (χ1v) is 9.17. The summed E-state index contributed by atoms with van der Waals surface area (Å²) < 4.78 is 2.05. The molecule has 0 atom stereocenters. The summed E-state index contributed by atoms with van der Waals surface area (Å²) in [5.41, 5.74) is 11.0. The molecular weight excluding hydrogens is 336 g/mol. The highest BCUT2D eigenvalue weighted by atomic mass is 16.3. The number of rotatable bonds is 3. The molecule has 0 spiro atoms. The first kappa shape index (κ1) is 16.0. The Morgan fingerprint density at radius 1 is 1.00 bits per heavy atom. The van der Waals surface area contributed by atoms with Crippen LogP contribution in [0.5, 0.6) is 5.88 Å². The number of hydrogen-bond acceptors (Lipinski definition) is 4. The monoisotopic (exact) mass is 356 g/mol. The lowest BCUT2D eigenvalue weighted by atomic mass is 9.73. The second-order valence-electron chi connectivity index (χ2n) is 7.22. The van der Waals surface area contributed by atoms with Gasteiger partial charge in [-0.1, -0.05) is 42.5 Å². The van der Waals surface area contributed by atoms with Crippen LogP contribution in [0.3, 0.4) is 0 Å². The molecule has 0 bridgehead atoms. The molecule has 3 N–H and O–H groups in total. The summed E-state index contributed by atoms with van der Waals surface area (Å²) in [6.07, 6.45) is 4.88. The molecule has 1 fully saturated rings. The lowest BCUT2D eigenvalue weighted by Gasteiger charge is -2.38. The van der Waals surface area contributed by atoms with Gasteiger partial charge in [0.15, 0.2) is 0 Å². The van der Waals surface area contributed by atoms with Crippen LogP contribution < -0.4 is 5.73 Å². The predicted octanol–water partition coefficient (Wildman–Crippen LogP) is 4.13. The van der Waals surface area contributed by atoms with Gasteiger partial charge in [0, 0.05) is 22.9 Å². The summed E-state index contributed by atoms with van der Waals surface area (Å²) in [5.74, 6) is 0.798. The van der Waals surface area contributed by atoms with E-state index in [1.165, 1.54) is 12.0 Å². The molecular formula is C22H20N4O. The van der Waals surface area contributed by atoms with Gasteiger partial charge in [-0.25, -0.2) is 9.97 Å². The van der Waals surface area contributed by atoms with Crippen LogP contribution in [0.25, 0.3) is 28.1 Å². The molecule has 1 saturated carbocycles. The summed E-state index contributed by atoms with van der Waals surface area (Å²) in [5, 5.41) is 9.87. The van der Waals surface area contributed by atoms with E-state index in [1.807, 2.05) is 34.9 Å². The number of imidazole rings is 1. The average Bonchev–Trinajstić information content (AvgIpc) is 3.05. The van der Waals surface area contributed by atoms with Crippen LogP contribution in [0.2, 0.25) is 0 Å². The summed E-state index contributed by atoms with van der Waals surface area (Å²) >= 11 is 0. The molecule has 0 aliphatic heterocycles. The van der Waals surface area contributed by atoms with Crippen molar-refractivity contribution in [1.82, 2.24) is 14.5 Å². The fraction of sp³-hybridized carbons (Fsp3) is 0.182. The zero-order valence-corrected chi connectivity index (χ0v) is 14.8. The fourth-order valence-corrected chi connectivity index (χ4v) is 3.80. The quantitative estimate of drug-likeness (QED) is 0.579. The molecule has 4 aromatic rings. The van der Waals surface area contributed by atoms with Crippen LogP contribution in [-0.2, 0) is 5.54 Å². The summed E-state index contributed by atoms with van der Waals surface area (Å²) in [6.45, 7) is 0. The minimum absolute atomic E-state index is 0.0171. The lowest BCUT2D eigenvalue weighted by Crippen LogP contribution is -2.43. The number of aromatic hydroxyl groups is 1. The maximum Gasteiger partial charge on any atom is 0.212 e. The molecule has 2 aromatic carbocycles. The zero-order chi connectivity index (χ0) is 18.4. The molecule has 0 saturated heterocycles. The van der Waals surface area contributed by atoms with E-state index in [2.05, 4.69) is 29.2 Å². The predicted molar refractivity (Wildman–Crippen MR) is 106 cm³/mol. The molecule has 0 amide bonds. The Balaban J connectivity index is 1.69. The number of benzene rings is 2. The summed E-state index contributed by atoms with van der Waals surface area (Å²) in [4.78, 5) is 8.76. The maximum absolute atomic E-state index is 9.87. The van der Waals surface area contributed by atoms with Crippen LogP contribution in [0.1, 0.15) is 24.8 Å². The highest BCUT2D eigenvalue weighted by molar-refractivity contribution is 5.83. The topological polar surface area (TPSA) is 77.0 Å². The number of nitrogens with zero attached hydrogens (tertiary/aromatic N) is 3. The average molecular weight is 356 g/mol. The van der Waals surface area contributed by atoms with Gasteiger partial charge in [-0.05, 0) is 37.0 Å². The Morgan fingerprint density at radius 3 is 2.41 bits per heavy atom. The standard InChI is InChI=1S/C22H20N4O/c23-22(11-4-12-22)16-9-7-15(8-10-16)21-25-18-14-24-20(27)13-19(18)26(21)17-5-2-1-3-6-17/h1-3,5-10,13-14H,4,11-12,23H2,(H,24,27). The van der Waals surface area contributed by atoms with E-state index < -0.39 is 0 Å². The van der Waals surface area contributed by atoms with Crippen LogP contribution in [0.15, 0.2) is 66.9 Å². The van der Waals surface area contributed by atoms with Crippen molar-refractivity contribution in [3.05, 3.63) is 72.4 Å². The van der Waals surface area contributed by atoms with E-state index in [1.54, 1.807) is 12.3 Å². The van der Waals surface area contributed by atoms with Gasteiger partial charge in [0.05, 0.1) is 11.7 Å². The van der Waals surface area contributed by atoms with Gasteiger partial charge in [0.2, 0.25) is 5.88 Å². The third kappa shape index (κ3) is 2.59. The van der Waals surface area contributed by atoms with Crippen molar-refractivity contribution in [1.29, 1.82) is 0 Å². The Kier molecular flexibility index (Phi) is 3.52. The van der Waals surface area contributed by atoms with Crippen LogP contribution in [0.4, 0.5) is 0 Å². The summed E-state index contributed by atoms with van der Waals surface area (Å²) in [6, 6.07) is 20.0. The highest BCUT2D eigenvalue weighted by Gasteiger charge is 2.34. The number of pyridine rings is 1. The Morgan fingerprint density at radius 2 is 1.74 bits per heavy atom. The molecule has 5 heteroatoms. The Bertz CT molecular complexity index is 1110. The SMILES string of the molecule is NC1(c2ccc(-c3nc4cnc(O)cc4n3-c3ccccc3)cc2)CCC1. The van der Waals surface area contributed by atoms with Crippen molar-refractivity contribution in [3.8, 4) is 23.0 Å². The lowest BCUT2D eigenvalue weighted by molar-refractivity contribution is 0.253. The van der Waals surface area contributed by atoms with E-state index in [-0.39, 0.29) is 11.4 Å². The van der Waals surface area contributed by atoms with Gasteiger partial charge in [0.1, 0.15) is 11.3 Å². The van der Waals surface area contributed by atoms with Gasteiger partial charge in [-0.2, -0.15) is 0 Å². The molecule has 2 heterocycles. The first-order valence-electron chi connectivity index (χ1n) is 9.17. The molecule has 27 heavy (non-hydrogen) atoms. The number of hydrogen-bond donors (Lipinski definition) is 2. The first-order chi connectivity index (χ1) is 13.1. The number of nitrogens with two attached hydrogens (primary N) is 1. The van der Waals surface area contributed by atoms with Gasteiger partial charge >= 0.3 is 0 Å². The minimum Gasteiger partial charge on any atom is -0.493 e. The molecule has 5 nitrogen and oxygen atoms in total. The van der Waals surface area contributed by atoms with Crippen molar-refractivity contribution < 1.29 is 5.11 Å². The van der Waals surface area contributed by atoms with Crippen molar-refractivity contribution in [2.45, 2.75) is 24.8 Å². The molecule has 134 valence electrons. The Labute approximate surface area is 157 Å². The van der Waals surface area contributed by atoms with Crippen molar-refractivity contribution in [2.24, 2.45) is 5.73 Å². The van der Waals surface area contributed by atoms with Gasteiger partial charge in [-0.3, -0.25) is 4.57 Å². The largest absolute Gasteiger partial charge is 0.493 e. The number of fused-ring (bicyclic) bond motifs is 1. The van der Waals surface area contributed by atoms with E-state index >= 15 is 0 Å². The Hall–Kier alpha value is -3.18. The second-order valence-corrected chi connectivity index (χ2v) is 7.22. The molecule has 0 radical (unpaired) electrons. The van der Waals surface area contributed by atoms with Gasteiger partial charge < -0.3 is 10.8 Å². The molecule has 1 aliphatic carbocycles. The van der Waals surface area contributed by atoms with E-state index in [0.717, 1.165) is 41.0 Å².